The first-order valence-corrected chi connectivity index (χ1v) is 10.6. The second-order valence-electron chi connectivity index (χ2n) is 8.81. The number of methoxy groups -OCH3 is 1. The van der Waals surface area contributed by atoms with E-state index in [4.69, 9.17) is 9.47 Å². The molecule has 1 aromatic carbocycles. The van der Waals surface area contributed by atoms with Crippen molar-refractivity contribution in [1.82, 2.24) is 10.2 Å². The van der Waals surface area contributed by atoms with Gasteiger partial charge in [-0.05, 0) is 52.2 Å². The number of hydrogen-bond acceptors (Lipinski definition) is 5. The van der Waals surface area contributed by atoms with Gasteiger partial charge in [0, 0.05) is 13.1 Å². The summed E-state index contributed by atoms with van der Waals surface area (Å²) in [4.78, 5) is 39.2. The number of benzene rings is 1. The average Bonchev–Trinajstić information content (AvgIpc) is 2.67. The highest BCUT2D eigenvalue weighted by Gasteiger charge is 2.27. The van der Waals surface area contributed by atoms with Crippen LogP contribution in [0.25, 0.3) is 0 Å². The van der Waals surface area contributed by atoms with Gasteiger partial charge in [-0.25, -0.2) is 4.79 Å². The van der Waals surface area contributed by atoms with E-state index in [0.717, 1.165) is 0 Å². The molecule has 0 saturated carbocycles. The van der Waals surface area contributed by atoms with E-state index in [0.29, 0.717) is 24.4 Å². The minimum Gasteiger partial charge on any atom is -0.495 e. The molecule has 0 fully saturated rings. The molecule has 2 N–H and O–H groups in total. The molecule has 0 saturated heterocycles. The molecular weight excluding hydrogens is 398 g/mol. The molecule has 0 bridgehead atoms. The topological polar surface area (TPSA) is 97.0 Å². The van der Waals surface area contributed by atoms with Gasteiger partial charge in [0.05, 0.1) is 25.3 Å². The number of likely N-dealkylation sites (N-methyl/N-ethyl adjacent to an activating group) is 1. The summed E-state index contributed by atoms with van der Waals surface area (Å²) in [7, 11) is 1.53. The van der Waals surface area contributed by atoms with Crippen LogP contribution in [-0.2, 0) is 14.3 Å². The van der Waals surface area contributed by atoms with Crippen LogP contribution >= 0.6 is 0 Å². The monoisotopic (exact) mass is 435 g/mol. The van der Waals surface area contributed by atoms with E-state index >= 15 is 0 Å². The lowest BCUT2D eigenvalue weighted by atomic mass is 9.95. The van der Waals surface area contributed by atoms with Crippen molar-refractivity contribution in [3.8, 4) is 5.75 Å². The first kappa shape index (κ1) is 26.3. The molecule has 0 spiro atoms. The van der Waals surface area contributed by atoms with Crippen LogP contribution in [0.4, 0.5) is 10.5 Å². The summed E-state index contributed by atoms with van der Waals surface area (Å²) in [5, 5.41) is 5.48. The maximum absolute atomic E-state index is 13.1. The van der Waals surface area contributed by atoms with Gasteiger partial charge >= 0.3 is 6.09 Å². The van der Waals surface area contributed by atoms with Crippen LogP contribution in [0.5, 0.6) is 5.75 Å². The highest BCUT2D eigenvalue weighted by Crippen LogP contribution is 2.23. The molecule has 0 aliphatic heterocycles. The molecule has 8 nitrogen and oxygen atoms in total. The van der Waals surface area contributed by atoms with Crippen molar-refractivity contribution >= 4 is 23.6 Å². The number of para-hydroxylation sites is 2. The molecule has 0 heterocycles. The number of amides is 3. The van der Waals surface area contributed by atoms with Gasteiger partial charge in [-0.15, -0.1) is 0 Å². The van der Waals surface area contributed by atoms with Gasteiger partial charge in [-0.1, -0.05) is 26.0 Å². The van der Waals surface area contributed by atoms with Crippen molar-refractivity contribution in [2.24, 2.45) is 11.8 Å². The molecule has 0 aliphatic rings. The standard InChI is InChI=1S/C23H37N3O5/c1-8-26(15-20(27)25-18-11-9-10-12-19(18)30-7)21(28)17(13-16(2)3)14-24-22(29)31-23(4,5)6/h9-12,16-17H,8,13-15H2,1-7H3,(H,24,29)(H,25,27)/t17-/m0/s1. The van der Waals surface area contributed by atoms with E-state index < -0.39 is 17.6 Å². The highest BCUT2D eigenvalue weighted by atomic mass is 16.6. The molecule has 31 heavy (non-hydrogen) atoms. The lowest BCUT2D eigenvalue weighted by Crippen LogP contribution is -2.45. The van der Waals surface area contributed by atoms with Crippen molar-refractivity contribution in [1.29, 1.82) is 0 Å². The second kappa shape index (κ2) is 12.2. The van der Waals surface area contributed by atoms with Crippen LogP contribution in [-0.4, -0.2) is 55.2 Å². The predicted octanol–water partition coefficient (Wildman–Crippen LogP) is 3.67. The van der Waals surface area contributed by atoms with Crippen molar-refractivity contribution in [2.45, 2.75) is 53.6 Å². The molecule has 0 aliphatic carbocycles. The van der Waals surface area contributed by atoms with Gasteiger partial charge in [-0.2, -0.15) is 0 Å². The molecule has 0 radical (unpaired) electrons. The number of carbonyl (C=O) groups excluding carboxylic acids is 3. The van der Waals surface area contributed by atoms with Gasteiger partial charge < -0.3 is 25.0 Å². The number of hydrogen-bond donors (Lipinski definition) is 2. The number of carbonyl (C=O) groups is 3. The zero-order valence-corrected chi connectivity index (χ0v) is 19.8. The summed E-state index contributed by atoms with van der Waals surface area (Å²) in [6.07, 6.45) is 0.0187. The Hall–Kier alpha value is -2.77. The Morgan fingerprint density at radius 1 is 1.13 bits per heavy atom. The first-order valence-electron chi connectivity index (χ1n) is 10.6. The summed E-state index contributed by atoms with van der Waals surface area (Å²) < 4.78 is 10.5. The zero-order chi connectivity index (χ0) is 23.6. The third-order valence-electron chi connectivity index (χ3n) is 4.41. The number of nitrogens with one attached hydrogen (secondary N) is 2. The van der Waals surface area contributed by atoms with E-state index in [2.05, 4.69) is 10.6 Å². The number of anilines is 1. The maximum atomic E-state index is 13.1. The Balaban J connectivity index is 2.80. The molecule has 174 valence electrons. The van der Waals surface area contributed by atoms with Crippen LogP contribution in [0, 0.1) is 11.8 Å². The second-order valence-corrected chi connectivity index (χ2v) is 8.81. The smallest absolute Gasteiger partial charge is 0.407 e. The summed E-state index contributed by atoms with van der Waals surface area (Å²) >= 11 is 0. The largest absolute Gasteiger partial charge is 0.495 e. The number of ether oxygens (including phenoxy) is 2. The van der Waals surface area contributed by atoms with Gasteiger partial charge in [0.25, 0.3) is 0 Å². The maximum Gasteiger partial charge on any atom is 0.407 e. The van der Waals surface area contributed by atoms with Crippen LogP contribution in [0.1, 0.15) is 48.0 Å². The zero-order valence-electron chi connectivity index (χ0n) is 19.8. The first-order chi connectivity index (χ1) is 14.5. The molecule has 1 aromatic rings. The van der Waals surface area contributed by atoms with Crippen LogP contribution in [0.3, 0.4) is 0 Å². The fourth-order valence-corrected chi connectivity index (χ4v) is 3.08. The van der Waals surface area contributed by atoms with Gasteiger partial charge in [0.2, 0.25) is 11.8 Å². The van der Waals surface area contributed by atoms with Gasteiger partial charge in [0.1, 0.15) is 11.4 Å². The molecule has 1 rings (SSSR count). The van der Waals surface area contributed by atoms with Crippen molar-refractivity contribution < 1.29 is 23.9 Å². The number of alkyl carbamates (subject to hydrolysis) is 1. The fraction of sp³-hybridized carbons (Fsp3) is 0.609. The minimum absolute atomic E-state index is 0.0889. The Morgan fingerprint density at radius 2 is 1.77 bits per heavy atom. The third kappa shape index (κ3) is 9.72. The van der Waals surface area contributed by atoms with Gasteiger partial charge in [-0.3, -0.25) is 9.59 Å². The summed E-state index contributed by atoms with van der Waals surface area (Å²) in [6.45, 7) is 11.6. The van der Waals surface area contributed by atoms with E-state index in [1.807, 2.05) is 26.8 Å². The lowest BCUT2D eigenvalue weighted by Gasteiger charge is -2.27. The normalized spacial score (nSPS) is 12.1. The molecule has 8 heteroatoms. The SMILES string of the molecule is CCN(CC(=O)Nc1ccccc1OC)C(=O)[C@H](CNC(=O)OC(C)(C)C)CC(C)C. The van der Waals surface area contributed by atoms with E-state index in [1.165, 1.54) is 12.0 Å². The minimum atomic E-state index is -0.617. The van der Waals surface area contributed by atoms with Crippen molar-refractivity contribution in [2.75, 3.05) is 32.1 Å². The average molecular weight is 436 g/mol. The molecule has 1 atom stereocenters. The Kier molecular flexibility index (Phi) is 10.3. The quantitative estimate of drug-likeness (QED) is 0.584. The lowest BCUT2D eigenvalue weighted by molar-refractivity contribution is -0.138. The summed E-state index contributed by atoms with van der Waals surface area (Å²) in [5.74, 6) is -0.156. The highest BCUT2D eigenvalue weighted by molar-refractivity contribution is 5.96. The summed E-state index contributed by atoms with van der Waals surface area (Å²) in [6, 6.07) is 7.09. The predicted molar refractivity (Wildman–Crippen MR) is 121 cm³/mol. The van der Waals surface area contributed by atoms with Crippen LogP contribution in [0.2, 0.25) is 0 Å². The molecule has 0 aromatic heterocycles. The van der Waals surface area contributed by atoms with E-state index in [-0.39, 0.29) is 30.8 Å². The Bertz CT molecular complexity index is 743. The van der Waals surface area contributed by atoms with Crippen molar-refractivity contribution in [3.63, 3.8) is 0 Å². The molecular formula is C23H37N3O5. The number of nitrogens with zero attached hydrogens (tertiary/aromatic N) is 1. The van der Waals surface area contributed by atoms with E-state index in [1.54, 1.807) is 39.0 Å². The Morgan fingerprint density at radius 3 is 2.32 bits per heavy atom. The van der Waals surface area contributed by atoms with Crippen LogP contribution < -0.4 is 15.4 Å². The van der Waals surface area contributed by atoms with Gasteiger partial charge in [0.15, 0.2) is 0 Å². The van der Waals surface area contributed by atoms with Crippen molar-refractivity contribution in [3.05, 3.63) is 24.3 Å². The molecule has 3 amide bonds. The summed E-state index contributed by atoms with van der Waals surface area (Å²) in [5.41, 5.74) is -0.0722. The van der Waals surface area contributed by atoms with Crippen LogP contribution in [0.15, 0.2) is 24.3 Å². The fourth-order valence-electron chi connectivity index (χ4n) is 3.08. The third-order valence-corrected chi connectivity index (χ3v) is 4.41. The Labute approximate surface area is 185 Å². The molecule has 0 unspecified atom stereocenters. The van der Waals surface area contributed by atoms with E-state index in [9.17, 15) is 14.4 Å². The number of rotatable bonds is 10.